The van der Waals surface area contributed by atoms with Crippen LogP contribution in [-0.2, 0) is 9.59 Å². The molecule has 1 amide bonds. The first-order valence-corrected chi connectivity index (χ1v) is 9.89. The molecule has 18 heavy (non-hydrogen) atoms. The summed E-state index contributed by atoms with van der Waals surface area (Å²) in [5.41, 5.74) is 0. The van der Waals surface area contributed by atoms with E-state index >= 15 is 0 Å². The third-order valence-electron chi connectivity index (χ3n) is 4.31. The lowest BCUT2D eigenvalue weighted by Gasteiger charge is -2.50. The molecule has 2 rings (SSSR count). The van der Waals surface area contributed by atoms with Crippen molar-refractivity contribution in [1.29, 1.82) is 0 Å². The van der Waals surface area contributed by atoms with E-state index in [-0.39, 0.29) is 11.9 Å². The summed E-state index contributed by atoms with van der Waals surface area (Å²) in [7, 11) is -1.47. The van der Waals surface area contributed by atoms with Gasteiger partial charge in [0.2, 0.25) is 5.91 Å². The standard InChI is InChI=1S/C12H21NO4Si/c1-7(14)10-9-6-18(2,3)5-4-8(12(16)17)13(9)11(10)15/h7-10,14H,4-6H2,1-3H3,(H,16,17)/t7-,8+,9-,10-/m1/s1. The van der Waals surface area contributed by atoms with Crippen LogP contribution in [-0.4, -0.2) is 53.3 Å². The lowest BCUT2D eigenvalue weighted by atomic mass is 9.82. The van der Waals surface area contributed by atoms with Gasteiger partial charge in [0, 0.05) is 14.1 Å². The lowest BCUT2D eigenvalue weighted by Crippen LogP contribution is -2.68. The van der Waals surface area contributed by atoms with E-state index < -0.39 is 32.1 Å². The van der Waals surface area contributed by atoms with Crippen LogP contribution >= 0.6 is 0 Å². The van der Waals surface area contributed by atoms with Gasteiger partial charge in [0.25, 0.3) is 0 Å². The number of rotatable bonds is 2. The molecule has 0 unspecified atom stereocenters. The van der Waals surface area contributed by atoms with Crippen molar-refractivity contribution in [3.8, 4) is 0 Å². The molecule has 0 saturated carbocycles. The van der Waals surface area contributed by atoms with Crippen LogP contribution in [0.1, 0.15) is 13.3 Å². The number of carboxylic acids is 1. The van der Waals surface area contributed by atoms with E-state index in [9.17, 15) is 19.8 Å². The molecule has 5 nitrogen and oxygen atoms in total. The minimum atomic E-state index is -1.47. The summed E-state index contributed by atoms with van der Waals surface area (Å²) in [4.78, 5) is 24.8. The maximum absolute atomic E-state index is 12.0. The monoisotopic (exact) mass is 271 g/mol. The molecule has 2 saturated heterocycles. The Kier molecular flexibility index (Phi) is 3.27. The van der Waals surface area contributed by atoms with E-state index in [0.29, 0.717) is 6.42 Å². The number of carboxylic acid groups (broad SMARTS) is 1. The van der Waals surface area contributed by atoms with Crippen LogP contribution in [0.5, 0.6) is 0 Å². The number of amides is 1. The van der Waals surface area contributed by atoms with Gasteiger partial charge in [-0.3, -0.25) is 4.79 Å². The molecule has 102 valence electrons. The molecule has 0 aromatic heterocycles. The number of fused-ring (bicyclic) bond motifs is 1. The van der Waals surface area contributed by atoms with E-state index in [1.165, 1.54) is 4.90 Å². The normalized spacial score (nSPS) is 36.3. The first-order chi connectivity index (χ1) is 8.24. The highest BCUT2D eigenvalue weighted by molar-refractivity contribution is 6.77. The Hall–Kier alpha value is -0.883. The van der Waals surface area contributed by atoms with Crippen molar-refractivity contribution in [3.63, 3.8) is 0 Å². The molecule has 2 aliphatic heterocycles. The maximum atomic E-state index is 12.0. The van der Waals surface area contributed by atoms with Crippen molar-refractivity contribution in [2.24, 2.45) is 5.92 Å². The predicted octanol–water partition coefficient (Wildman–Crippen LogP) is 0.759. The SMILES string of the molecule is C[C@@H](O)[C@H]1C(=O)N2[C@@H]1C[Si](C)(C)CC[C@H]2C(=O)O. The molecule has 0 radical (unpaired) electrons. The predicted molar refractivity (Wildman–Crippen MR) is 68.9 cm³/mol. The number of hydrogen-bond donors (Lipinski definition) is 2. The highest BCUT2D eigenvalue weighted by Gasteiger charge is 2.56. The van der Waals surface area contributed by atoms with Gasteiger partial charge < -0.3 is 15.1 Å². The van der Waals surface area contributed by atoms with E-state index in [0.717, 1.165) is 12.1 Å². The fourth-order valence-electron chi connectivity index (χ4n) is 3.31. The molecular weight excluding hydrogens is 250 g/mol. The van der Waals surface area contributed by atoms with E-state index in [1.54, 1.807) is 6.92 Å². The molecule has 2 N–H and O–H groups in total. The first-order valence-electron chi connectivity index (χ1n) is 6.48. The summed E-state index contributed by atoms with van der Waals surface area (Å²) in [6.07, 6.45) is -0.125. The quantitative estimate of drug-likeness (QED) is 0.574. The third kappa shape index (κ3) is 2.07. The number of carbonyl (C=O) groups is 2. The maximum Gasteiger partial charge on any atom is 0.326 e. The van der Waals surface area contributed by atoms with Crippen molar-refractivity contribution in [2.75, 3.05) is 0 Å². The molecule has 0 aromatic rings. The van der Waals surface area contributed by atoms with Crippen molar-refractivity contribution in [1.82, 2.24) is 4.90 Å². The zero-order chi connectivity index (χ0) is 13.7. The second kappa shape index (κ2) is 4.34. The summed E-state index contributed by atoms with van der Waals surface area (Å²) in [6.45, 7) is 6.09. The molecule has 2 aliphatic rings. The van der Waals surface area contributed by atoms with Gasteiger partial charge in [-0.15, -0.1) is 0 Å². The zero-order valence-corrected chi connectivity index (χ0v) is 12.1. The fourth-order valence-corrected chi connectivity index (χ4v) is 6.15. The van der Waals surface area contributed by atoms with Gasteiger partial charge >= 0.3 is 5.97 Å². The molecular formula is C12H21NO4Si. The Morgan fingerprint density at radius 1 is 1.50 bits per heavy atom. The second-order valence-corrected chi connectivity index (χ2v) is 11.6. The van der Waals surface area contributed by atoms with Gasteiger partial charge in [0.05, 0.1) is 12.0 Å². The molecule has 0 aliphatic carbocycles. The van der Waals surface area contributed by atoms with Crippen LogP contribution in [0.15, 0.2) is 0 Å². The van der Waals surface area contributed by atoms with Crippen LogP contribution in [0.3, 0.4) is 0 Å². The summed E-state index contributed by atoms with van der Waals surface area (Å²) in [6, 6.07) is 1.07. The van der Waals surface area contributed by atoms with Gasteiger partial charge in [0.1, 0.15) is 6.04 Å². The zero-order valence-electron chi connectivity index (χ0n) is 11.1. The molecule has 0 bridgehead atoms. The van der Waals surface area contributed by atoms with Crippen molar-refractivity contribution >= 4 is 20.0 Å². The van der Waals surface area contributed by atoms with Gasteiger partial charge in [-0.1, -0.05) is 19.1 Å². The number of nitrogens with zero attached hydrogens (tertiary/aromatic N) is 1. The highest BCUT2D eigenvalue weighted by Crippen LogP contribution is 2.42. The van der Waals surface area contributed by atoms with Gasteiger partial charge in [0.15, 0.2) is 0 Å². The van der Waals surface area contributed by atoms with Crippen molar-refractivity contribution in [3.05, 3.63) is 0 Å². The highest BCUT2D eigenvalue weighted by atomic mass is 28.3. The van der Waals surface area contributed by atoms with E-state index in [4.69, 9.17) is 0 Å². The molecule has 2 fully saturated rings. The van der Waals surface area contributed by atoms with Crippen molar-refractivity contribution in [2.45, 2.75) is 56.7 Å². The van der Waals surface area contributed by atoms with E-state index in [2.05, 4.69) is 13.1 Å². The molecule has 4 atom stereocenters. The summed E-state index contributed by atoms with van der Waals surface area (Å²) < 4.78 is 0. The Bertz CT molecular complexity index is 382. The van der Waals surface area contributed by atoms with Crippen LogP contribution < -0.4 is 0 Å². The van der Waals surface area contributed by atoms with E-state index in [1.807, 2.05) is 0 Å². The number of aliphatic hydroxyl groups excluding tert-OH is 1. The average molecular weight is 271 g/mol. The summed E-state index contributed by atoms with van der Waals surface area (Å²) >= 11 is 0. The number of hydrogen-bond acceptors (Lipinski definition) is 3. The fraction of sp³-hybridized carbons (Fsp3) is 0.833. The van der Waals surface area contributed by atoms with Crippen LogP contribution in [0.25, 0.3) is 0 Å². The third-order valence-corrected chi connectivity index (χ3v) is 7.47. The largest absolute Gasteiger partial charge is 0.480 e. The Morgan fingerprint density at radius 2 is 2.11 bits per heavy atom. The molecule has 2 heterocycles. The first kappa shape index (κ1) is 13.5. The average Bonchev–Trinajstić information content (AvgIpc) is 2.32. The number of aliphatic carboxylic acids is 1. The topological polar surface area (TPSA) is 77.8 Å². The Balaban J connectivity index is 2.28. The number of carbonyl (C=O) groups excluding carboxylic acids is 1. The van der Waals surface area contributed by atoms with Crippen LogP contribution in [0.4, 0.5) is 0 Å². The minimum Gasteiger partial charge on any atom is -0.480 e. The Morgan fingerprint density at radius 3 is 2.61 bits per heavy atom. The minimum absolute atomic E-state index is 0.0669. The molecule has 6 heteroatoms. The van der Waals surface area contributed by atoms with Gasteiger partial charge in [-0.05, 0) is 19.4 Å². The summed E-state index contributed by atoms with van der Waals surface area (Å²) in [5.74, 6) is -1.49. The van der Waals surface area contributed by atoms with Gasteiger partial charge in [-0.25, -0.2) is 4.79 Å². The smallest absolute Gasteiger partial charge is 0.326 e. The molecule has 0 aromatic carbocycles. The number of β-lactam (4-membered cyclic amide) rings is 1. The van der Waals surface area contributed by atoms with Crippen LogP contribution in [0.2, 0.25) is 25.2 Å². The summed E-state index contributed by atoms with van der Waals surface area (Å²) in [5, 5.41) is 18.9. The second-order valence-electron chi connectivity index (χ2n) is 6.34. The van der Waals surface area contributed by atoms with Crippen LogP contribution in [0, 0.1) is 5.92 Å². The van der Waals surface area contributed by atoms with Crippen molar-refractivity contribution < 1.29 is 19.8 Å². The Labute approximate surface area is 108 Å². The van der Waals surface area contributed by atoms with Gasteiger partial charge in [-0.2, -0.15) is 0 Å². The number of aliphatic hydroxyl groups is 1. The lowest BCUT2D eigenvalue weighted by molar-refractivity contribution is -0.174. The molecule has 0 spiro atoms.